The number of para-hydroxylation sites is 1. The smallest absolute Gasteiger partial charge is 0.350 e. The molecule has 0 unspecified atom stereocenters. The molecule has 0 aliphatic heterocycles. The fourth-order valence-electron chi connectivity index (χ4n) is 1.98. The third-order valence-electron chi connectivity index (χ3n) is 3.03. The van der Waals surface area contributed by atoms with Gasteiger partial charge in [-0.25, -0.2) is 9.78 Å². The Morgan fingerprint density at radius 2 is 1.92 bits per heavy atom. The van der Waals surface area contributed by atoms with E-state index in [1.165, 1.54) is 24.5 Å². The molecule has 0 bridgehead atoms. The molecule has 0 aliphatic carbocycles. The topological polar surface area (TPSA) is 94.6 Å². The molecule has 1 aromatic carbocycles. The number of carbonyl (C=O) groups is 3. The summed E-state index contributed by atoms with van der Waals surface area (Å²) in [4.78, 5) is 40.2. The van der Waals surface area contributed by atoms with E-state index in [1.807, 2.05) is 0 Å². The van der Waals surface area contributed by atoms with Crippen molar-refractivity contribution in [2.45, 2.75) is 13.8 Å². The maximum Gasteiger partial charge on any atom is 0.350 e. The number of nitrogens with zero attached hydrogens (tertiary/aromatic N) is 1. The average Bonchev–Trinajstić information content (AvgIpc) is 2.91. The quantitative estimate of drug-likeness (QED) is 0.829. The number of rotatable bonds is 5. The number of esters is 1. The molecule has 0 atom stereocenters. The van der Waals surface area contributed by atoms with E-state index in [0.717, 1.165) is 5.01 Å². The lowest BCUT2D eigenvalue weighted by molar-refractivity contribution is -0.123. The van der Waals surface area contributed by atoms with E-state index >= 15 is 0 Å². The summed E-state index contributed by atoms with van der Waals surface area (Å²) in [7, 11) is 1.43. The molecule has 0 aliphatic rings. The Bertz CT molecular complexity index is 785. The molecule has 2 rings (SSSR count). The van der Waals surface area contributed by atoms with Gasteiger partial charge in [0.25, 0.3) is 11.8 Å². The first-order valence-electron chi connectivity index (χ1n) is 7.00. The number of methoxy groups -OCH3 is 1. The van der Waals surface area contributed by atoms with Crippen LogP contribution in [0, 0.1) is 13.8 Å². The van der Waals surface area contributed by atoms with Crippen molar-refractivity contribution in [1.82, 2.24) is 10.3 Å². The highest BCUT2D eigenvalue weighted by molar-refractivity contribution is 7.13. The van der Waals surface area contributed by atoms with E-state index < -0.39 is 24.4 Å². The first-order chi connectivity index (χ1) is 11.4. The zero-order valence-electron chi connectivity index (χ0n) is 13.4. The number of aryl methyl sites for hydroxylation is 2. The van der Waals surface area contributed by atoms with Crippen LogP contribution in [0.1, 0.15) is 30.7 Å². The second-order valence-corrected chi connectivity index (χ2v) is 6.00. The number of amides is 2. The summed E-state index contributed by atoms with van der Waals surface area (Å²) >= 11 is 1.19. The molecule has 2 aromatic rings. The fourth-order valence-corrected chi connectivity index (χ4v) is 2.79. The molecule has 0 saturated heterocycles. The Balaban J connectivity index is 1.92. The Hall–Kier alpha value is -2.74. The molecule has 0 spiro atoms. The molecule has 7 nitrogen and oxygen atoms in total. The number of aromatic nitrogens is 1. The van der Waals surface area contributed by atoms with Crippen molar-refractivity contribution in [2.75, 3.05) is 13.7 Å². The minimum absolute atomic E-state index is 0.216. The third kappa shape index (κ3) is 4.17. The first kappa shape index (κ1) is 17.6. The Morgan fingerprint density at radius 3 is 2.54 bits per heavy atom. The van der Waals surface area contributed by atoms with Crippen molar-refractivity contribution in [3.05, 3.63) is 45.4 Å². The lowest BCUT2D eigenvalue weighted by atomic mass is 10.2. The molecule has 0 fully saturated rings. The van der Waals surface area contributed by atoms with Gasteiger partial charge in [0.05, 0.1) is 23.4 Å². The number of ether oxygens (including phenoxy) is 2. The van der Waals surface area contributed by atoms with Gasteiger partial charge in [-0.2, -0.15) is 0 Å². The van der Waals surface area contributed by atoms with Gasteiger partial charge in [0, 0.05) is 0 Å². The van der Waals surface area contributed by atoms with E-state index in [0.29, 0.717) is 16.3 Å². The van der Waals surface area contributed by atoms with Gasteiger partial charge in [-0.15, -0.1) is 11.3 Å². The normalized spacial score (nSPS) is 10.1. The number of hydrogen-bond donors (Lipinski definition) is 1. The summed E-state index contributed by atoms with van der Waals surface area (Å²) < 4.78 is 9.97. The zero-order valence-corrected chi connectivity index (χ0v) is 14.2. The average molecular weight is 348 g/mol. The molecule has 1 aromatic heterocycles. The van der Waals surface area contributed by atoms with Crippen LogP contribution in [-0.4, -0.2) is 36.5 Å². The minimum atomic E-state index is -0.724. The highest BCUT2D eigenvalue weighted by Crippen LogP contribution is 2.18. The van der Waals surface area contributed by atoms with Crippen LogP contribution in [0.5, 0.6) is 5.75 Å². The van der Waals surface area contributed by atoms with Gasteiger partial charge in [-0.3, -0.25) is 14.9 Å². The van der Waals surface area contributed by atoms with E-state index in [4.69, 9.17) is 9.47 Å². The molecule has 126 valence electrons. The summed E-state index contributed by atoms with van der Waals surface area (Å²) in [5.41, 5.74) is 0.765. The molecule has 8 heteroatoms. The minimum Gasteiger partial charge on any atom is -0.496 e. The van der Waals surface area contributed by atoms with E-state index in [-0.39, 0.29) is 5.56 Å². The van der Waals surface area contributed by atoms with Crippen LogP contribution in [0.4, 0.5) is 0 Å². The van der Waals surface area contributed by atoms with Crippen molar-refractivity contribution in [2.24, 2.45) is 0 Å². The maximum atomic E-state index is 12.0. The Morgan fingerprint density at radius 1 is 1.21 bits per heavy atom. The standard InChI is InChI=1S/C16H16N2O5S/c1-9-14(24-10(2)17-9)16(21)23-8-13(19)18-15(20)11-6-4-5-7-12(11)22-3/h4-7H,8H2,1-3H3,(H,18,19,20). The number of imide groups is 1. The van der Waals surface area contributed by atoms with Crippen molar-refractivity contribution >= 4 is 29.1 Å². The van der Waals surface area contributed by atoms with Gasteiger partial charge in [0.2, 0.25) is 0 Å². The number of thiazole rings is 1. The van der Waals surface area contributed by atoms with E-state index in [1.54, 1.807) is 32.0 Å². The van der Waals surface area contributed by atoms with E-state index in [2.05, 4.69) is 10.3 Å². The first-order valence-corrected chi connectivity index (χ1v) is 7.82. The molecule has 0 radical (unpaired) electrons. The van der Waals surface area contributed by atoms with Crippen LogP contribution in [0.2, 0.25) is 0 Å². The predicted octanol–water partition coefficient (Wildman–Crippen LogP) is 1.88. The summed E-state index contributed by atoms with van der Waals surface area (Å²) in [6.45, 7) is 2.90. The largest absolute Gasteiger partial charge is 0.496 e. The summed E-state index contributed by atoms with van der Waals surface area (Å²) in [5, 5.41) is 2.88. The summed E-state index contributed by atoms with van der Waals surface area (Å²) in [6, 6.07) is 6.49. The van der Waals surface area contributed by atoms with Crippen LogP contribution in [-0.2, 0) is 9.53 Å². The van der Waals surface area contributed by atoms with Crippen molar-refractivity contribution in [3.63, 3.8) is 0 Å². The molecular weight excluding hydrogens is 332 g/mol. The van der Waals surface area contributed by atoms with Crippen LogP contribution >= 0.6 is 11.3 Å². The van der Waals surface area contributed by atoms with Gasteiger partial charge in [0.1, 0.15) is 10.6 Å². The van der Waals surface area contributed by atoms with Crippen LogP contribution in [0.25, 0.3) is 0 Å². The third-order valence-corrected chi connectivity index (χ3v) is 4.08. The lowest BCUT2D eigenvalue weighted by Crippen LogP contribution is -2.34. The Labute approximate surface area is 142 Å². The highest BCUT2D eigenvalue weighted by Gasteiger charge is 2.19. The van der Waals surface area contributed by atoms with Crippen molar-refractivity contribution in [3.8, 4) is 5.75 Å². The number of carbonyl (C=O) groups excluding carboxylic acids is 3. The number of hydrogen-bond acceptors (Lipinski definition) is 7. The van der Waals surface area contributed by atoms with Gasteiger partial charge in [-0.05, 0) is 26.0 Å². The molecular formula is C16H16N2O5S. The van der Waals surface area contributed by atoms with Crippen LogP contribution in [0.3, 0.4) is 0 Å². The molecule has 1 heterocycles. The number of nitrogens with one attached hydrogen (secondary N) is 1. The summed E-state index contributed by atoms with van der Waals surface area (Å²) in [5.74, 6) is -1.65. The predicted molar refractivity (Wildman–Crippen MR) is 87.3 cm³/mol. The second kappa shape index (κ2) is 7.69. The van der Waals surface area contributed by atoms with Gasteiger partial charge in [0.15, 0.2) is 6.61 Å². The Kier molecular flexibility index (Phi) is 5.64. The zero-order chi connectivity index (χ0) is 17.7. The second-order valence-electron chi connectivity index (χ2n) is 4.80. The fraction of sp³-hybridized carbons (Fsp3) is 0.250. The van der Waals surface area contributed by atoms with Gasteiger partial charge >= 0.3 is 5.97 Å². The van der Waals surface area contributed by atoms with Gasteiger partial charge < -0.3 is 9.47 Å². The van der Waals surface area contributed by atoms with E-state index in [9.17, 15) is 14.4 Å². The van der Waals surface area contributed by atoms with Crippen LogP contribution in [0.15, 0.2) is 24.3 Å². The van der Waals surface area contributed by atoms with Crippen molar-refractivity contribution in [1.29, 1.82) is 0 Å². The lowest BCUT2D eigenvalue weighted by Gasteiger charge is -2.08. The SMILES string of the molecule is COc1ccccc1C(=O)NC(=O)COC(=O)c1sc(C)nc1C. The molecule has 1 N–H and O–H groups in total. The highest BCUT2D eigenvalue weighted by atomic mass is 32.1. The van der Waals surface area contributed by atoms with Gasteiger partial charge in [-0.1, -0.05) is 12.1 Å². The van der Waals surface area contributed by atoms with Crippen LogP contribution < -0.4 is 10.1 Å². The molecule has 0 saturated carbocycles. The van der Waals surface area contributed by atoms with Crippen molar-refractivity contribution < 1.29 is 23.9 Å². The monoisotopic (exact) mass is 348 g/mol. The molecule has 2 amide bonds. The number of benzene rings is 1. The maximum absolute atomic E-state index is 12.0. The summed E-state index contributed by atoms with van der Waals surface area (Å²) in [6.07, 6.45) is 0. The molecule has 24 heavy (non-hydrogen) atoms.